The van der Waals surface area contributed by atoms with Crippen molar-refractivity contribution in [1.29, 1.82) is 0 Å². The number of rotatable bonds is 7. The molecule has 1 N–H and O–H groups in total. The Morgan fingerprint density at radius 3 is 2.83 bits per heavy atom. The molecule has 1 aromatic carbocycles. The molecule has 126 valence electrons. The van der Waals surface area contributed by atoms with Gasteiger partial charge < -0.3 is 5.32 Å². The molecule has 1 heterocycles. The highest BCUT2D eigenvalue weighted by atomic mass is 16.6. The molecular formula is C17H25N3O3. The number of hydrogen-bond acceptors (Lipinski definition) is 5. The first-order chi connectivity index (χ1) is 10.9. The van der Waals surface area contributed by atoms with Gasteiger partial charge in [0.15, 0.2) is 5.78 Å². The number of nitro benzene ring substituents is 1. The zero-order valence-corrected chi connectivity index (χ0v) is 14.0. The third-order valence-electron chi connectivity index (χ3n) is 4.23. The van der Waals surface area contributed by atoms with Crippen LogP contribution in [-0.2, 0) is 0 Å². The second-order valence-electron chi connectivity index (χ2n) is 6.61. The van der Waals surface area contributed by atoms with Gasteiger partial charge in [-0.05, 0) is 44.4 Å². The molecule has 0 bridgehead atoms. The molecule has 0 amide bonds. The first kappa shape index (κ1) is 17.4. The van der Waals surface area contributed by atoms with E-state index < -0.39 is 4.92 Å². The van der Waals surface area contributed by atoms with Gasteiger partial charge in [0.1, 0.15) is 5.69 Å². The van der Waals surface area contributed by atoms with E-state index in [0.717, 1.165) is 19.5 Å². The molecule has 1 aliphatic rings. The minimum atomic E-state index is -0.435. The van der Waals surface area contributed by atoms with E-state index in [9.17, 15) is 14.9 Å². The predicted molar refractivity (Wildman–Crippen MR) is 91.0 cm³/mol. The maximum Gasteiger partial charge on any atom is 0.293 e. The monoisotopic (exact) mass is 319 g/mol. The van der Waals surface area contributed by atoms with E-state index in [2.05, 4.69) is 24.1 Å². The molecule has 0 radical (unpaired) electrons. The van der Waals surface area contributed by atoms with Gasteiger partial charge in [-0.1, -0.05) is 13.8 Å². The number of carbonyl (C=O) groups is 1. The summed E-state index contributed by atoms with van der Waals surface area (Å²) in [6.45, 7) is 8.65. The second kappa shape index (κ2) is 7.55. The van der Waals surface area contributed by atoms with E-state index in [-0.39, 0.29) is 11.5 Å². The summed E-state index contributed by atoms with van der Waals surface area (Å²) in [5.41, 5.74) is 0.812. The number of benzene rings is 1. The predicted octanol–water partition coefficient (Wildman–Crippen LogP) is 3.33. The van der Waals surface area contributed by atoms with E-state index in [1.165, 1.54) is 19.4 Å². The molecule has 23 heavy (non-hydrogen) atoms. The van der Waals surface area contributed by atoms with Crippen LogP contribution in [0.15, 0.2) is 18.2 Å². The maximum absolute atomic E-state index is 11.4. The number of carbonyl (C=O) groups excluding carboxylic acids is 1. The lowest BCUT2D eigenvalue weighted by Crippen LogP contribution is -2.37. The van der Waals surface area contributed by atoms with Crippen molar-refractivity contribution in [2.75, 3.05) is 25.0 Å². The highest BCUT2D eigenvalue weighted by molar-refractivity contribution is 5.95. The van der Waals surface area contributed by atoms with Crippen LogP contribution in [0.3, 0.4) is 0 Å². The number of nitrogens with zero attached hydrogens (tertiary/aromatic N) is 2. The summed E-state index contributed by atoms with van der Waals surface area (Å²) in [7, 11) is 0. The Hall–Kier alpha value is -1.95. The third-order valence-corrected chi connectivity index (χ3v) is 4.23. The average Bonchev–Trinajstić information content (AvgIpc) is 2.91. The number of ketones is 1. The van der Waals surface area contributed by atoms with E-state index in [1.54, 1.807) is 12.1 Å². The lowest BCUT2D eigenvalue weighted by Gasteiger charge is -2.26. The van der Waals surface area contributed by atoms with Crippen molar-refractivity contribution in [3.8, 4) is 0 Å². The smallest absolute Gasteiger partial charge is 0.293 e. The number of nitrogens with one attached hydrogen (secondary N) is 1. The number of likely N-dealkylation sites (tertiary alicyclic amines) is 1. The Bertz CT molecular complexity index is 586. The molecule has 6 nitrogen and oxygen atoms in total. The summed E-state index contributed by atoms with van der Waals surface area (Å²) in [4.78, 5) is 24.7. The van der Waals surface area contributed by atoms with Gasteiger partial charge in [-0.25, -0.2) is 0 Å². The van der Waals surface area contributed by atoms with E-state index in [0.29, 0.717) is 29.8 Å². The van der Waals surface area contributed by atoms with Crippen LogP contribution >= 0.6 is 0 Å². The summed E-state index contributed by atoms with van der Waals surface area (Å²) >= 11 is 0. The van der Waals surface area contributed by atoms with Crippen molar-refractivity contribution >= 4 is 17.2 Å². The minimum Gasteiger partial charge on any atom is -0.378 e. The summed E-state index contributed by atoms with van der Waals surface area (Å²) in [6.07, 6.45) is 2.28. The van der Waals surface area contributed by atoms with Crippen LogP contribution in [0.5, 0.6) is 0 Å². The van der Waals surface area contributed by atoms with Crippen LogP contribution < -0.4 is 5.32 Å². The lowest BCUT2D eigenvalue weighted by atomic mass is 10.1. The number of nitro groups is 1. The van der Waals surface area contributed by atoms with Crippen molar-refractivity contribution in [2.24, 2.45) is 5.92 Å². The van der Waals surface area contributed by atoms with Crippen LogP contribution in [0.2, 0.25) is 0 Å². The van der Waals surface area contributed by atoms with Gasteiger partial charge in [0.25, 0.3) is 5.69 Å². The van der Waals surface area contributed by atoms with Gasteiger partial charge in [-0.3, -0.25) is 19.8 Å². The quantitative estimate of drug-likeness (QED) is 0.474. The SMILES string of the molecule is CC(=O)c1ccc(NC[C@@H]2CCCN2CC(C)C)c([N+](=O)[O-])c1. The number of anilines is 1. The third kappa shape index (κ3) is 4.51. The van der Waals surface area contributed by atoms with Gasteiger partial charge in [0, 0.05) is 30.8 Å². The van der Waals surface area contributed by atoms with Gasteiger partial charge in [-0.2, -0.15) is 0 Å². The maximum atomic E-state index is 11.4. The first-order valence-electron chi connectivity index (χ1n) is 8.15. The van der Waals surface area contributed by atoms with Crippen molar-refractivity contribution in [1.82, 2.24) is 4.90 Å². The highest BCUT2D eigenvalue weighted by Crippen LogP contribution is 2.27. The standard InChI is InChI=1S/C17H25N3O3/c1-12(2)11-19-8-4-5-15(19)10-18-16-7-6-14(13(3)21)9-17(16)20(22)23/h6-7,9,12,15,18H,4-5,8,10-11H2,1-3H3/t15-/m0/s1. The van der Waals surface area contributed by atoms with Crippen LogP contribution in [0.1, 0.15) is 44.0 Å². The van der Waals surface area contributed by atoms with Crippen LogP contribution in [0.25, 0.3) is 0 Å². The van der Waals surface area contributed by atoms with Gasteiger partial charge in [0.2, 0.25) is 0 Å². The topological polar surface area (TPSA) is 75.5 Å². The Morgan fingerprint density at radius 2 is 2.22 bits per heavy atom. The van der Waals surface area contributed by atoms with Crippen LogP contribution in [-0.4, -0.2) is 41.3 Å². The summed E-state index contributed by atoms with van der Waals surface area (Å²) in [5, 5.41) is 14.5. The zero-order chi connectivity index (χ0) is 17.0. The second-order valence-corrected chi connectivity index (χ2v) is 6.61. The van der Waals surface area contributed by atoms with Crippen LogP contribution in [0.4, 0.5) is 11.4 Å². The molecule has 0 aromatic heterocycles. The molecule has 0 saturated carbocycles. The van der Waals surface area contributed by atoms with E-state index in [1.807, 2.05) is 0 Å². The van der Waals surface area contributed by atoms with Crippen LogP contribution in [0, 0.1) is 16.0 Å². The van der Waals surface area contributed by atoms with E-state index >= 15 is 0 Å². The fraction of sp³-hybridized carbons (Fsp3) is 0.588. The average molecular weight is 319 g/mol. The minimum absolute atomic E-state index is 0.0360. The van der Waals surface area contributed by atoms with Crippen molar-refractivity contribution in [3.63, 3.8) is 0 Å². The number of Topliss-reactive ketones (excluding diaryl/α,β-unsaturated/α-hetero) is 1. The van der Waals surface area contributed by atoms with Crippen molar-refractivity contribution in [3.05, 3.63) is 33.9 Å². The molecule has 0 unspecified atom stereocenters. The van der Waals surface area contributed by atoms with Gasteiger partial charge in [-0.15, -0.1) is 0 Å². The molecule has 1 atom stereocenters. The van der Waals surface area contributed by atoms with Crippen molar-refractivity contribution < 1.29 is 9.72 Å². The fourth-order valence-electron chi connectivity index (χ4n) is 3.11. The Morgan fingerprint density at radius 1 is 1.48 bits per heavy atom. The molecule has 2 rings (SSSR count). The molecular weight excluding hydrogens is 294 g/mol. The highest BCUT2D eigenvalue weighted by Gasteiger charge is 2.25. The summed E-state index contributed by atoms with van der Waals surface area (Å²) in [5.74, 6) is 0.443. The lowest BCUT2D eigenvalue weighted by molar-refractivity contribution is -0.384. The molecule has 0 spiro atoms. The van der Waals surface area contributed by atoms with Gasteiger partial charge >= 0.3 is 0 Å². The Kier molecular flexibility index (Phi) is 5.71. The Balaban J connectivity index is 2.08. The number of hydrogen-bond donors (Lipinski definition) is 1. The fourth-order valence-corrected chi connectivity index (χ4v) is 3.11. The molecule has 1 saturated heterocycles. The Labute approximate surface area is 137 Å². The largest absolute Gasteiger partial charge is 0.378 e. The zero-order valence-electron chi connectivity index (χ0n) is 14.0. The molecule has 1 aromatic rings. The first-order valence-corrected chi connectivity index (χ1v) is 8.15. The normalized spacial score (nSPS) is 18.3. The molecule has 1 aliphatic heterocycles. The molecule has 6 heteroatoms. The van der Waals surface area contributed by atoms with Crippen molar-refractivity contribution in [2.45, 2.75) is 39.7 Å². The van der Waals surface area contributed by atoms with E-state index in [4.69, 9.17) is 0 Å². The summed E-state index contributed by atoms with van der Waals surface area (Å²) in [6, 6.07) is 5.03. The van der Waals surface area contributed by atoms with Gasteiger partial charge in [0.05, 0.1) is 4.92 Å². The molecule has 0 aliphatic carbocycles. The summed E-state index contributed by atoms with van der Waals surface area (Å²) < 4.78 is 0. The molecule has 1 fully saturated rings.